The van der Waals surface area contributed by atoms with Crippen molar-refractivity contribution in [2.75, 3.05) is 5.75 Å². The van der Waals surface area contributed by atoms with E-state index in [0.717, 1.165) is 12.2 Å². The third-order valence-corrected chi connectivity index (χ3v) is 2.65. The maximum atomic E-state index is 11.4. The molecule has 0 aliphatic carbocycles. The summed E-state index contributed by atoms with van der Waals surface area (Å²) in [6, 6.07) is 0. The maximum Gasteiger partial charge on any atom is 0.386 e. The zero-order valence-electron chi connectivity index (χ0n) is 8.10. The van der Waals surface area contributed by atoms with Gasteiger partial charge in [-0.15, -0.1) is 0 Å². The molecule has 1 heterocycles. The minimum atomic E-state index is -0.493. The van der Waals surface area contributed by atoms with Crippen molar-refractivity contribution in [1.82, 2.24) is 9.97 Å². The maximum absolute atomic E-state index is 11.4. The molecule has 0 saturated carbocycles. The molecule has 8 heteroatoms. The summed E-state index contributed by atoms with van der Waals surface area (Å²) >= 11 is 3.35. The number of aromatic amines is 1. The molecule has 2 N–H and O–H groups in total. The number of hydrogen-bond donors (Lipinski definition) is 2. The summed E-state index contributed by atoms with van der Waals surface area (Å²) in [6.45, 7) is 2.02. The van der Waals surface area contributed by atoms with Gasteiger partial charge in [0.2, 0.25) is 11.6 Å². The van der Waals surface area contributed by atoms with Gasteiger partial charge in [-0.05, 0) is 6.42 Å². The number of aromatic hydroxyl groups is 1. The predicted octanol–water partition coefficient (Wildman–Crippen LogP) is 1.14. The smallest absolute Gasteiger partial charge is 0.386 e. The molecule has 0 aliphatic rings. The van der Waals surface area contributed by atoms with Crippen LogP contribution in [0.4, 0.5) is 5.69 Å². The number of rotatable bonds is 4. The fraction of sp³-hybridized carbons (Fsp3) is 0.429. The van der Waals surface area contributed by atoms with Gasteiger partial charge in [0.1, 0.15) is 0 Å². The van der Waals surface area contributed by atoms with Gasteiger partial charge in [-0.25, -0.2) is 0 Å². The molecule has 1 aromatic rings. The molecule has 0 bridgehead atoms. The van der Waals surface area contributed by atoms with Crippen LogP contribution in [-0.2, 0) is 0 Å². The number of nitrogens with zero attached hydrogens (tertiary/aromatic N) is 3. The molecule has 6 nitrogen and oxygen atoms in total. The van der Waals surface area contributed by atoms with Gasteiger partial charge < -0.3 is 9.20 Å². The summed E-state index contributed by atoms with van der Waals surface area (Å²) in [5.74, 6) is 0.427. The molecular formula is C7H9AlN4O2S. The number of thioether (sulfide) groups is 1. The Bertz CT molecular complexity index is 420. The van der Waals surface area contributed by atoms with Crippen molar-refractivity contribution in [1.29, 1.82) is 0 Å². The van der Waals surface area contributed by atoms with Crippen molar-refractivity contribution in [2.45, 2.75) is 18.5 Å². The molecule has 0 spiro atoms. The normalized spacial score (nSPS) is 11.0. The van der Waals surface area contributed by atoms with Crippen molar-refractivity contribution >= 4 is 34.0 Å². The molecule has 78 valence electrons. The van der Waals surface area contributed by atoms with Gasteiger partial charge >= 0.3 is 16.5 Å². The lowest BCUT2D eigenvalue weighted by Crippen LogP contribution is -2.08. The van der Waals surface area contributed by atoms with Crippen LogP contribution in [0.3, 0.4) is 0 Å². The molecule has 0 aromatic carbocycles. The van der Waals surface area contributed by atoms with E-state index in [2.05, 4.69) is 19.2 Å². The van der Waals surface area contributed by atoms with E-state index in [9.17, 15) is 9.90 Å². The third kappa shape index (κ3) is 3.34. The van der Waals surface area contributed by atoms with E-state index in [0.29, 0.717) is 5.16 Å². The fourth-order valence-corrected chi connectivity index (χ4v) is 1.68. The molecular weight excluding hydrogens is 231 g/mol. The van der Waals surface area contributed by atoms with Crippen LogP contribution >= 0.6 is 11.8 Å². The summed E-state index contributed by atoms with van der Waals surface area (Å²) in [5, 5.41) is 13.2. The lowest BCUT2D eigenvalue weighted by molar-refractivity contribution is 0.445. The molecule has 0 atom stereocenters. The van der Waals surface area contributed by atoms with Crippen LogP contribution in [0.25, 0.3) is 0 Å². The predicted molar refractivity (Wildman–Crippen MR) is 57.8 cm³/mol. The molecule has 15 heavy (non-hydrogen) atoms. The van der Waals surface area contributed by atoms with E-state index in [-0.39, 0.29) is 5.69 Å². The largest absolute Gasteiger partial charge is 0.491 e. The minimum absolute atomic E-state index is 0.175. The Balaban J connectivity index is 3.03. The SMILES string of the molecule is CCCSc1nc(O)c(N=[N][Al])c(=O)[nH]1. The Labute approximate surface area is 98.9 Å². The van der Waals surface area contributed by atoms with Gasteiger partial charge in [0.05, 0.1) is 0 Å². The average molecular weight is 240 g/mol. The van der Waals surface area contributed by atoms with Crippen molar-refractivity contribution in [2.24, 2.45) is 9.21 Å². The highest BCUT2D eigenvalue weighted by Crippen LogP contribution is 2.22. The van der Waals surface area contributed by atoms with Gasteiger partial charge in [0.25, 0.3) is 5.56 Å². The highest BCUT2D eigenvalue weighted by Gasteiger charge is 2.09. The molecule has 0 fully saturated rings. The zero-order chi connectivity index (χ0) is 11.3. The van der Waals surface area contributed by atoms with Crippen LogP contribution in [0, 0.1) is 0 Å². The quantitative estimate of drug-likeness (QED) is 0.357. The molecule has 1 aromatic heterocycles. The first kappa shape index (κ1) is 12.2. The van der Waals surface area contributed by atoms with Crippen molar-refractivity contribution < 1.29 is 5.11 Å². The van der Waals surface area contributed by atoms with E-state index in [1.165, 1.54) is 11.8 Å². The highest BCUT2D eigenvalue weighted by molar-refractivity contribution is 7.99. The summed E-state index contributed by atoms with van der Waals surface area (Å²) in [6.07, 6.45) is 0.961. The third-order valence-electron chi connectivity index (χ3n) is 1.46. The highest BCUT2D eigenvalue weighted by atomic mass is 32.2. The minimum Gasteiger partial charge on any atom is -0.491 e. The topological polar surface area (TPSA) is 90.7 Å². The van der Waals surface area contributed by atoms with Crippen LogP contribution in [0.1, 0.15) is 13.3 Å². The Morgan fingerprint density at radius 3 is 2.93 bits per heavy atom. The van der Waals surface area contributed by atoms with E-state index >= 15 is 0 Å². The molecule has 0 aliphatic heterocycles. The second-order valence-electron chi connectivity index (χ2n) is 2.61. The van der Waals surface area contributed by atoms with E-state index in [1.807, 2.05) is 23.4 Å². The standard InChI is InChI=1S/C7H9N4O2S.Al/c1-2-3-14-7-9-5(12)4(11-8)6(13)10-7;/h2-3H2,1H3,(H2,9,10,12,13);/q-1;+1. The number of H-pyrrole nitrogens is 1. The van der Waals surface area contributed by atoms with Crippen LogP contribution in [-0.4, -0.2) is 37.3 Å². The molecule has 0 unspecified atom stereocenters. The van der Waals surface area contributed by atoms with Gasteiger partial charge in [0, 0.05) is 5.75 Å². The van der Waals surface area contributed by atoms with Gasteiger partial charge in [0.15, 0.2) is 5.16 Å². The van der Waals surface area contributed by atoms with Gasteiger partial charge in [-0.1, -0.05) is 18.7 Å². The van der Waals surface area contributed by atoms with Gasteiger partial charge in [-0.3, -0.25) is 9.78 Å². The summed E-state index contributed by atoms with van der Waals surface area (Å²) in [7, 11) is 0. The van der Waals surface area contributed by atoms with Crippen molar-refractivity contribution in [3.8, 4) is 5.88 Å². The van der Waals surface area contributed by atoms with E-state index in [4.69, 9.17) is 0 Å². The summed E-state index contributed by atoms with van der Waals surface area (Å²) < 4.78 is 3.33. The molecule has 0 amide bonds. The second-order valence-corrected chi connectivity index (χ2v) is 3.92. The lowest BCUT2D eigenvalue weighted by atomic mass is 10.5. The number of aromatic nitrogens is 2. The Morgan fingerprint density at radius 1 is 1.67 bits per heavy atom. The van der Waals surface area contributed by atoms with Crippen molar-refractivity contribution in [3.63, 3.8) is 0 Å². The van der Waals surface area contributed by atoms with Gasteiger partial charge in [-0.2, -0.15) is 10.1 Å². The fourth-order valence-electron chi connectivity index (χ4n) is 0.850. The summed E-state index contributed by atoms with van der Waals surface area (Å²) in [4.78, 5) is 17.7. The average Bonchev–Trinajstić information content (AvgIpc) is 2.20. The Kier molecular flexibility index (Phi) is 4.81. The van der Waals surface area contributed by atoms with E-state index < -0.39 is 11.4 Å². The zero-order valence-corrected chi connectivity index (χ0v) is 10.1. The molecule has 2 radical (unpaired) electrons. The van der Waals surface area contributed by atoms with Crippen LogP contribution in [0.2, 0.25) is 0 Å². The first-order chi connectivity index (χ1) is 7.19. The number of nitrogens with one attached hydrogen (secondary N) is 1. The lowest BCUT2D eigenvalue weighted by Gasteiger charge is -2.00. The Hall–Kier alpha value is -0.838. The summed E-state index contributed by atoms with van der Waals surface area (Å²) in [5.41, 5.74) is -0.668. The van der Waals surface area contributed by atoms with E-state index in [1.54, 1.807) is 0 Å². The van der Waals surface area contributed by atoms with Crippen LogP contribution in [0.5, 0.6) is 5.88 Å². The Morgan fingerprint density at radius 2 is 2.40 bits per heavy atom. The monoisotopic (exact) mass is 240 g/mol. The first-order valence-corrected chi connectivity index (χ1v) is 5.76. The van der Waals surface area contributed by atoms with Crippen molar-refractivity contribution in [3.05, 3.63) is 10.4 Å². The molecule has 1 rings (SSSR count). The van der Waals surface area contributed by atoms with Crippen LogP contribution < -0.4 is 5.56 Å². The van der Waals surface area contributed by atoms with Crippen LogP contribution in [0.15, 0.2) is 19.2 Å². The first-order valence-electron chi connectivity index (χ1n) is 4.26. The number of hydrogen-bond acceptors (Lipinski definition) is 6. The molecule has 0 saturated heterocycles. The second kappa shape index (κ2) is 5.90.